The Balaban J connectivity index is 0.975. The molecule has 2 heterocycles. The lowest BCUT2D eigenvalue weighted by atomic mass is 9.32. The fourth-order valence-electron chi connectivity index (χ4n) is 14.8. The van der Waals surface area contributed by atoms with E-state index < -0.39 is 18.0 Å². The van der Waals surface area contributed by atoms with Gasteiger partial charge in [0, 0.05) is 32.6 Å². The van der Waals surface area contributed by atoms with Gasteiger partial charge in [-0.15, -0.1) is 10.2 Å². The van der Waals surface area contributed by atoms with Crippen LogP contribution in [0.1, 0.15) is 133 Å². The summed E-state index contributed by atoms with van der Waals surface area (Å²) in [6.07, 6.45) is 8.88. The van der Waals surface area contributed by atoms with E-state index in [1.165, 1.54) is 56.1 Å². The molecule has 4 saturated carbocycles. The van der Waals surface area contributed by atoms with Gasteiger partial charge in [-0.05, 0) is 145 Å². The first-order valence-electron chi connectivity index (χ1n) is 21.4. The van der Waals surface area contributed by atoms with Crippen molar-refractivity contribution in [2.75, 3.05) is 19.6 Å². The molecule has 8 rings (SSSR count). The van der Waals surface area contributed by atoms with Gasteiger partial charge >= 0.3 is 12.1 Å². The predicted octanol–water partition coefficient (Wildman–Crippen LogP) is 9.67. The Labute approximate surface area is 336 Å². The number of hydrogen-bond acceptors (Lipinski definition) is 5. The van der Waals surface area contributed by atoms with Crippen molar-refractivity contribution in [2.24, 2.45) is 56.7 Å². The van der Waals surface area contributed by atoms with E-state index in [2.05, 4.69) is 69.7 Å². The van der Waals surface area contributed by atoms with Crippen LogP contribution in [-0.4, -0.2) is 56.3 Å². The maximum Gasteiger partial charge on any atom is 0.451 e. The number of carbonyl (C=O) groups excluding carboxylic acids is 1. The Morgan fingerprint density at radius 3 is 2.35 bits per heavy atom. The van der Waals surface area contributed by atoms with Gasteiger partial charge in [0.25, 0.3) is 0 Å². The summed E-state index contributed by atoms with van der Waals surface area (Å²) in [6.45, 7) is 21.3. The summed E-state index contributed by atoms with van der Waals surface area (Å²) in [6, 6.07) is 7.49. The summed E-state index contributed by atoms with van der Waals surface area (Å²) in [7, 11) is 0. The number of allylic oxidation sites excluding steroid dienone is 3. The minimum atomic E-state index is -4.57. The molecule has 1 amide bonds. The van der Waals surface area contributed by atoms with Crippen molar-refractivity contribution in [3.63, 3.8) is 0 Å². The Bertz CT molecular complexity index is 1970. The average molecular weight is 790 g/mol. The van der Waals surface area contributed by atoms with Gasteiger partial charge in [-0.1, -0.05) is 65.0 Å². The second-order valence-corrected chi connectivity index (χ2v) is 20.3. The smallest absolute Gasteiger partial charge is 0.451 e. The molecule has 6 aliphatic rings. The van der Waals surface area contributed by atoms with Gasteiger partial charge in [0.05, 0.1) is 12.1 Å². The molecular formula is C46H62F3N5O3. The lowest BCUT2D eigenvalue weighted by Gasteiger charge is -2.72. The van der Waals surface area contributed by atoms with Crippen LogP contribution in [0.5, 0.6) is 0 Å². The number of fused-ring (bicyclic) bond motifs is 8. The SMILES string of the molecule is C=C(C)C1CCC2(CNCCC(=O)N3CCn4c(nnc4C(F)(F)F)C3)CCC3(C)C(CCC4C5(C)CC=C(c6ccc(C(=O)O)cc6)C(C)(C)C5CCC43C)C12. The van der Waals surface area contributed by atoms with Gasteiger partial charge in [-0.25, -0.2) is 4.79 Å². The molecule has 310 valence electrons. The maximum absolute atomic E-state index is 13.3. The second kappa shape index (κ2) is 13.8. The Kier molecular flexibility index (Phi) is 9.76. The number of alkyl halides is 3. The van der Waals surface area contributed by atoms with E-state index in [9.17, 15) is 27.9 Å². The average Bonchev–Trinajstić information content (AvgIpc) is 3.76. The molecule has 2 aromatic rings. The lowest BCUT2D eigenvalue weighted by molar-refractivity contribution is -0.225. The first-order chi connectivity index (χ1) is 26.8. The predicted molar refractivity (Wildman–Crippen MR) is 214 cm³/mol. The van der Waals surface area contributed by atoms with E-state index in [1.54, 1.807) is 17.0 Å². The Morgan fingerprint density at radius 2 is 1.67 bits per heavy atom. The van der Waals surface area contributed by atoms with Crippen molar-refractivity contribution in [1.29, 1.82) is 0 Å². The normalized spacial score (nSPS) is 36.9. The van der Waals surface area contributed by atoms with Crippen LogP contribution in [0.2, 0.25) is 0 Å². The number of amides is 1. The van der Waals surface area contributed by atoms with E-state index in [0.717, 1.165) is 29.5 Å². The quantitative estimate of drug-likeness (QED) is 0.204. The number of carboxylic acids is 1. The van der Waals surface area contributed by atoms with Crippen molar-refractivity contribution in [3.8, 4) is 0 Å². The topological polar surface area (TPSA) is 100 Å². The van der Waals surface area contributed by atoms with Crippen molar-refractivity contribution in [1.82, 2.24) is 25.0 Å². The molecule has 0 spiro atoms. The summed E-state index contributed by atoms with van der Waals surface area (Å²) in [5, 5.41) is 20.4. The molecule has 0 bridgehead atoms. The minimum Gasteiger partial charge on any atom is -0.478 e. The van der Waals surface area contributed by atoms with Crippen LogP contribution in [0.4, 0.5) is 13.2 Å². The Morgan fingerprint density at radius 1 is 0.930 bits per heavy atom. The van der Waals surface area contributed by atoms with Crippen molar-refractivity contribution in [3.05, 3.63) is 65.3 Å². The van der Waals surface area contributed by atoms with Gasteiger partial charge in [-0.3, -0.25) is 4.79 Å². The van der Waals surface area contributed by atoms with E-state index in [1.807, 2.05) is 12.1 Å². The number of carboxylic acid groups (broad SMARTS) is 1. The lowest BCUT2D eigenvalue weighted by Crippen LogP contribution is -2.65. The molecule has 9 atom stereocenters. The summed E-state index contributed by atoms with van der Waals surface area (Å²) >= 11 is 0. The molecule has 8 nitrogen and oxygen atoms in total. The van der Waals surface area contributed by atoms with Crippen LogP contribution >= 0.6 is 0 Å². The monoisotopic (exact) mass is 789 g/mol. The molecule has 0 saturated heterocycles. The van der Waals surface area contributed by atoms with Crippen molar-refractivity contribution >= 4 is 17.4 Å². The van der Waals surface area contributed by atoms with Gasteiger partial charge in [0.1, 0.15) is 0 Å². The maximum atomic E-state index is 13.3. The highest BCUT2D eigenvalue weighted by atomic mass is 19.4. The van der Waals surface area contributed by atoms with E-state index in [-0.39, 0.29) is 58.4 Å². The largest absolute Gasteiger partial charge is 0.478 e. The molecule has 0 radical (unpaired) electrons. The van der Waals surface area contributed by atoms with Crippen LogP contribution in [0, 0.1) is 56.7 Å². The number of rotatable bonds is 8. The van der Waals surface area contributed by atoms with Crippen LogP contribution in [0.3, 0.4) is 0 Å². The van der Waals surface area contributed by atoms with E-state index in [0.29, 0.717) is 48.1 Å². The number of hydrogen-bond donors (Lipinski definition) is 2. The molecule has 57 heavy (non-hydrogen) atoms. The van der Waals surface area contributed by atoms with Crippen LogP contribution in [0.15, 0.2) is 42.5 Å². The summed E-state index contributed by atoms with van der Waals surface area (Å²) in [5.41, 5.74) is 4.83. The number of aromatic nitrogens is 3. The van der Waals surface area contributed by atoms with Crippen LogP contribution in [0.25, 0.3) is 5.57 Å². The molecule has 11 heteroatoms. The van der Waals surface area contributed by atoms with Crippen molar-refractivity contribution < 1.29 is 27.9 Å². The van der Waals surface area contributed by atoms with E-state index >= 15 is 0 Å². The molecule has 2 N–H and O–H groups in total. The van der Waals surface area contributed by atoms with Crippen LogP contribution in [-0.2, 0) is 24.1 Å². The van der Waals surface area contributed by atoms with Gasteiger partial charge < -0.3 is 19.9 Å². The summed E-state index contributed by atoms with van der Waals surface area (Å²) < 4.78 is 41.1. The van der Waals surface area contributed by atoms with Crippen LogP contribution < -0.4 is 5.32 Å². The van der Waals surface area contributed by atoms with Gasteiger partial charge in [0.15, 0.2) is 5.82 Å². The number of carbonyl (C=O) groups is 2. The molecule has 9 unspecified atom stereocenters. The fraction of sp³-hybridized carbons (Fsp3) is 0.696. The molecular weight excluding hydrogens is 728 g/mol. The van der Waals surface area contributed by atoms with E-state index in [4.69, 9.17) is 0 Å². The number of aromatic carboxylic acids is 1. The summed E-state index contributed by atoms with van der Waals surface area (Å²) in [4.78, 5) is 26.5. The standard InChI is InChI=1S/C46H62F3N5O3/c1-28(2)31-14-20-45(27-50-23-17-37(55)53-24-25-54-36(26-53)51-52-40(54)46(47,48)49)22-21-43(6)33(38(31)45)12-13-35-42(5)18-15-32(29-8-10-30(11-9-29)39(56)57)41(3,4)34(42)16-19-44(35,43)7/h8-11,15,31,33-35,38,50H,1,12-14,16-27H2,2-7H3,(H,56,57). The number of nitrogens with one attached hydrogen (secondary N) is 1. The van der Waals surface area contributed by atoms with Gasteiger partial charge in [0.2, 0.25) is 11.7 Å². The first-order valence-corrected chi connectivity index (χ1v) is 21.4. The highest BCUT2D eigenvalue weighted by molar-refractivity contribution is 5.88. The zero-order valence-electron chi connectivity index (χ0n) is 34.8. The molecule has 1 aromatic carbocycles. The number of benzene rings is 1. The highest BCUT2D eigenvalue weighted by Gasteiger charge is 2.70. The number of halogens is 3. The summed E-state index contributed by atoms with van der Waals surface area (Å²) in [5.74, 6) is 1.01. The molecule has 1 aliphatic heterocycles. The van der Waals surface area contributed by atoms with Crippen molar-refractivity contribution in [2.45, 2.75) is 125 Å². The minimum absolute atomic E-state index is 0.0355. The number of nitrogens with zero attached hydrogens (tertiary/aromatic N) is 4. The molecule has 5 aliphatic carbocycles. The zero-order chi connectivity index (χ0) is 40.9. The first kappa shape index (κ1) is 40.3. The Hall–Kier alpha value is -3.47. The molecule has 1 aromatic heterocycles. The van der Waals surface area contributed by atoms with Gasteiger partial charge in [-0.2, -0.15) is 13.2 Å². The highest BCUT2D eigenvalue weighted by Crippen LogP contribution is 2.77. The fourth-order valence-corrected chi connectivity index (χ4v) is 14.8. The third-order valence-corrected chi connectivity index (χ3v) is 17.6. The third kappa shape index (κ3) is 6.16. The zero-order valence-corrected chi connectivity index (χ0v) is 34.8. The second-order valence-electron chi connectivity index (χ2n) is 20.3. The third-order valence-electron chi connectivity index (χ3n) is 17.6. The molecule has 4 fully saturated rings.